The molecule has 0 saturated heterocycles. The molecule has 0 spiro atoms. The van der Waals surface area contributed by atoms with Crippen LogP contribution in [0.1, 0.15) is 5.56 Å². The molecule has 0 radical (unpaired) electrons. The molecule has 0 heterocycles. The molecule has 0 aliphatic rings. The second-order valence-electron chi connectivity index (χ2n) is 2.99. The van der Waals surface area contributed by atoms with Gasteiger partial charge in [0.2, 0.25) is 0 Å². The standard InChI is InChI=1S/C9H10BrF2NO2/c1-13(14)4-5-3-6(11)8(12)7(10)9(5)15-2/h3,14H,4H2,1-2H3. The van der Waals surface area contributed by atoms with Gasteiger partial charge in [0, 0.05) is 12.6 Å². The van der Waals surface area contributed by atoms with E-state index in [1.54, 1.807) is 0 Å². The molecule has 0 fully saturated rings. The molecule has 1 rings (SSSR count). The first-order valence-electron chi connectivity index (χ1n) is 4.07. The van der Waals surface area contributed by atoms with Crippen LogP contribution in [0.2, 0.25) is 0 Å². The van der Waals surface area contributed by atoms with Gasteiger partial charge in [-0.1, -0.05) is 0 Å². The molecule has 84 valence electrons. The molecule has 0 unspecified atom stereocenters. The van der Waals surface area contributed by atoms with Crippen molar-refractivity contribution in [2.24, 2.45) is 0 Å². The van der Waals surface area contributed by atoms with E-state index in [9.17, 15) is 8.78 Å². The van der Waals surface area contributed by atoms with Crippen molar-refractivity contribution in [3.05, 3.63) is 27.7 Å². The van der Waals surface area contributed by atoms with Crippen LogP contribution in [0.5, 0.6) is 5.75 Å². The lowest BCUT2D eigenvalue weighted by Crippen LogP contribution is -2.13. The van der Waals surface area contributed by atoms with E-state index in [1.807, 2.05) is 0 Å². The zero-order valence-corrected chi connectivity index (χ0v) is 9.81. The SMILES string of the molecule is COc1c(CN(C)O)cc(F)c(F)c1Br. The molecule has 15 heavy (non-hydrogen) atoms. The Morgan fingerprint density at radius 2 is 2.13 bits per heavy atom. The third kappa shape index (κ3) is 2.64. The predicted molar refractivity (Wildman–Crippen MR) is 53.9 cm³/mol. The smallest absolute Gasteiger partial charge is 0.176 e. The molecule has 0 amide bonds. The fourth-order valence-corrected chi connectivity index (χ4v) is 1.82. The average Bonchev–Trinajstić information content (AvgIpc) is 2.14. The Bertz CT molecular complexity index is 372. The van der Waals surface area contributed by atoms with Crippen molar-refractivity contribution in [1.29, 1.82) is 0 Å². The Hall–Kier alpha value is -0.720. The molecule has 0 atom stereocenters. The van der Waals surface area contributed by atoms with Crippen LogP contribution in [-0.4, -0.2) is 24.4 Å². The minimum absolute atomic E-state index is 0.0406. The number of hydrogen-bond donors (Lipinski definition) is 1. The first-order valence-corrected chi connectivity index (χ1v) is 4.87. The second kappa shape index (κ2) is 4.87. The van der Waals surface area contributed by atoms with E-state index in [0.717, 1.165) is 11.1 Å². The molecule has 0 aliphatic carbocycles. The monoisotopic (exact) mass is 281 g/mol. The topological polar surface area (TPSA) is 32.7 Å². The summed E-state index contributed by atoms with van der Waals surface area (Å²) in [6.45, 7) is 0.0406. The zero-order valence-electron chi connectivity index (χ0n) is 8.22. The van der Waals surface area contributed by atoms with Gasteiger partial charge in [0.1, 0.15) is 5.75 Å². The second-order valence-corrected chi connectivity index (χ2v) is 3.79. The van der Waals surface area contributed by atoms with Gasteiger partial charge in [0.15, 0.2) is 11.6 Å². The lowest BCUT2D eigenvalue weighted by Gasteiger charge is -2.14. The summed E-state index contributed by atoms with van der Waals surface area (Å²) in [5, 5.41) is 9.87. The molecule has 0 aromatic heterocycles. The number of nitrogens with zero attached hydrogens (tertiary/aromatic N) is 1. The van der Waals surface area contributed by atoms with Gasteiger partial charge in [-0.2, -0.15) is 5.06 Å². The Morgan fingerprint density at radius 1 is 1.53 bits per heavy atom. The molecule has 0 saturated carbocycles. The van der Waals surface area contributed by atoms with Crippen LogP contribution >= 0.6 is 15.9 Å². The normalized spacial score (nSPS) is 10.9. The number of hydrogen-bond acceptors (Lipinski definition) is 3. The maximum absolute atomic E-state index is 13.1. The summed E-state index contributed by atoms with van der Waals surface area (Å²) in [7, 11) is 2.74. The summed E-state index contributed by atoms with van der Waals surface area (Å²) in [6, 6.07) is 0.992. The fourth-order valence-electron chi connectivity index (χ4n) is 1.21. The lowest BCUT2D eigenvalue weighted by atomic mass is 10.2. The van der Waals surface area contributed by atoms with E-state index in [4.69, 9.17) is 9.94 Å². The van der Waals surface area contributed by atoms with Gasteiger partial charge in [-0.3, -0.25) is 0 Å². The molecule has 1 N–H and O–H groups in total. The van der Waals surface area contributed by atoms with E-state index in [0.29, 0.717) is 5.56 Å². The fraction of sp³-hybridized carbons (Fsp3) is 0.333. The number of rotatable bonds is 3. The zero-order chi connectivity index (χ0) is 11.6. The van der Waals surface area contributed by atoms with Crippen LogP contribution in [0.25, 0.3) is 0 Å². The van der Waals surface area contributed by atoms with Gasteiger partial charge < -0.3 is 9.94 Å². The number of benzene rings is 1. The van der Waals surface area contributed by atoms with Crippen molar-refractivity contribution >= 4 is 15.9 Å². The highest BCUT2D eigenvalue weighted by atomic mass is 79.9. The molecule has 3 nitrogen and oxygen atoms in total. The maximum Gasteiger partial charge on any atom is 0.176 e. The van der Waals surface area contributed by atoms with E-state index >= 15 is 0 Å². The Labute approximate surface area is 94.3 Å². The van der Waals surface area contributed by atoms with Crippen molar-refractivity contribution < 1.29 is 18.7 Å². The van der Waals surface area contributed by atoms with E-state index in [-0.39, 0.29) is 16.8 Å². The van der Waals surface area contributed by atoms with Crippen molar-refractivity contribution in [3.8, 4) is 5.75 Å². The summed E-state index contributed by atoms with van der Waals surface area (Å²) in [5.41, 5.74) is 0.355. The van der Waals surface area contributed by atoms with Crippen molar-refractivity contribution in [1.82, 2.24) is 5.06 Å². The van der Waals surface area contributed by atoms with Crippen LogP contribution in [-0.2, 0) is 6.54 Å². The van der Waals surface area contributed by atoms with Gasteiger partial charge in [-0.25, -0.2) is 8.78 Å². The van der Waals surface area contributed by atoms with Gasteiger partial charge in [0.05, 0.1) is 18.1 Å². The molecule has 1 aromatic carbocycles. The quantitative estimate of drug-likeness (QED) is 0.683. The van der Waals surface area contributed by atoms with Crippen molar-refractivity contribution in [2.45, 2.75) is 6.54 Å². The Morgan fingerprint density at radius 3 is 2.60 bits per heavy atom. The minimum Gasteiger partial charge on any atom is -0.495 e. The maximum atomic E-state index is 13.1. The van der Waals surface area contributed by atoms with Crippen LogP contribution < -0.4 is 4.74 Å². The number of methoxy groups -OCH3 is 1. The van der Waals surface area contributed by atoms with Crippen LogP contribution in [0.3, 0.4) is 0 Å². The summed E-state index contributed by atoms with van der Waals surface area (Å²) in [6.07, 6.45) is 0. The predicted octanol–water partition coefficient (Wildman–Crippen LogP) is 2.56. The summed E-state index contributed by atoms with van der Waals surface area (Å²) >= 11 is 2.89. The summed E-state index contributed by atoms with van der Waals surface area (Å²) in [4.78, 5) is 0. The minimum atomic E-state index is -1.00. The third-order valence-corrected chi connectivity index (χ3v) is 2.51. The molecule has 0 bridgehead atoms. The molecular weight excluding hydrogens is 272 g/mol. The number of ether oxygens (including phenoxy) is 1. The van der Waals surface area contributed by atoms with Gasteiger partial charge in [0.25, 0.3) is 0 Å². The Kier molecular flexibility index (Phi) is 4.01. The molecule has 6 heteroatoms. The third-order valence-electron chi connectivity index (χ3n) is 1.80. The molecular formula is C9H10BrF2NO2. The van der Waals surface area contributed by atoms with E-state index in [2.05, 4.69) is 15.9 Å². The highest BCUT2D eigenvalue weighted by Crippen LogP contribution is 2.33. The summed E-state index contributed by atoms with van der Waals surface area (Å²) in [5.74, 6) is -1.81. The van der Waals surface area contributed by atoms with Gasteiger partial charge in [-0.15, -0.1) is 0 Å². The first kappa shape index (κ1) is 12.4. The highest BCUT2D eigenvalue weighted by molar-refractivity contribution is 9.10. The highest BCUT2D eigenvalue weighted by Gasteiger charge is 2.17. The first-order chi connectivity index (χ1) is 6.97. The number of halogens is 3. The van der Waals surface area contributed by atoms with E-state index in [1.165, 1.54) is 14.2 Å². The largest absolute Gasteiger partial charge is 0.495 e. The number of hydroxylamine groups is 2. The average molecular weight is 282 g/mol. The van der Waals surface area contributed by atoms with Crippen molar-refractivity contribution in [2.75, 3.05) is 14.2 Å². The van der Waals surface area contributed by atoms with Crippen molar-refractivity contribution in [3.63, 3.8) is 0 Å². The Balaban J connectivity index is 3.25. The van der Waals surface area contributed by atoms with Gasteiger partial charge >= 0.3 is 0 Å². The summed E-state index contributed by atoms with van der Waals surface area (Å²) < 4.78 is 31.0. The van der Waals surface area contributed by atoms with E-state index < -0.39 is 11.6 Å². The van der Waals surface area contributed by atoms with Crippen LogP contribution in [0, 0.1) is 11.6 Å². The van der Waals surface area contributed by atoms with Crippen LogP contribution in [0.4, 0.5) is 8.78 Å². The molecule has 1 aromatic rings. The molecule has 0 aliphatic heterocycles. The van der Waals surface area contributed by atoms with Gasteiger partial charge in [-0.05, 0) is 22.0 Å². The van der Waals surface area contributed by atoms with Crippen LogP contribution in [0.15, 0.2) is 10.5 Å². The lowest BCUT2D eigenvalue weighted by molar-refractivity contribution is -0.0736.